The van der Waals surface area contributed by atoms with Gasteiger partial charge < -0.3 is 15.0 Å². The second-order valence-electron chi connectivity index (χ2n) is 6.53. The van der Waals surface area contributed by atoms with Crippen LogP contribution < -0.4 is 15.6 Å². The average Bonchev–Trinajstić information content (AvgIpc) is 3.20. The first-order valence-corrected chi connectivity index (χ1v) is 10.1. The molecule has 0 atom stereocenters. The Labute approximate surface area is 177 Å². The lowest BCUT2D eigenvalue weighted by Gasteiger charge is -2.11. The number of hydrogen-bond donors (Lipinski definition) is 2. The Morgan fingerprint density at radius 2 is 2.07 bits per heavy atom. The number of nitrogens with one attached hydrogen (secondary N) is 2. The van der Waals surface area contributed by atoms with Crippen LogP contribution in [0.5, 0.6) is 5.75 Å². The van der Waals surface area contributed by atoms with E-state index in [2.05, 4.69) is 20.4 Å². The zero-order valence-electron chi connectivity index (χ0n) is 16.7. The van der Waals surface area contributed by atoms with E-state index in [1.165, 1.54) is 0 Å². The molecule has 0 aliphatic heterocycles. The van der Waals surface area contributed by atoms with Gasteiger partial charge >= 0.3 is 0 Å². The number of aromatic nitrogens is 4. The fourth-order valence-corrected chi connectivity index (χ4v) is 3.38. The first kappa shape index (κ1) is 21.1. The molecule has 1 aromatic carbocycles. The predicted octanol–water partition coefficient (Wildman–Crippen LogP) is 2.83. The van der Waals surface area contributed by atoms with Crippen LogP contribution in [0.15, 0.2) is 46.5 Å². The quantitative estimate of drug-likeness (QED) is 0.441. The topological polar surface area (TPSA) is 126 Å². The van der Waals surface area contributed by atoms with E-state index in [0.717, 1.165) is 11.8 Å². The van der Waals surface area contributed by atoms with Crippen molar-refractivity contribution in [2.24, 2.45) is 0 Å². The molecule has 10 heteroatoms. The maximum atomic E-state index is 12.3. The molecule has 2 heterocycles. The molecule has 9 nitrogen and oxygen atoms in total. The Morgan fingerprint density at radius 1 is 1.33 bits per heavy atom. The van der Waals surface area contributed by atoms with Crippen LogP contribution >= 0.6 is 11.8 Å². The molecule has 0 aliphatic carbocycles. The average molecular weight is 424 g/mol. The predicted molar refractivity (Wildman–Crippen MR) is 114 cm³/mol. The summed E-state index contributed by atoms with van der Waals surface area (Å²) in [6.45, 7) is 3.92. The van der Waals surface area contributed by atoms with Crippen molar-refractivity contribution >= 4 is 23.5 Å². The lowest BCUT2D eigenvalue weighted by molar-refractivity contribution is -0.113. The van der Waals surface area contributed by atoms with Crippen LogP contribution in [0, 0.1) is 11.3 Å². The third-order valence-corrected chi connectivity index (χ3v) is 5.01. The number of amides is 1. The Hall–Kier alpha value is -3.58. The third kappa shape index (κ3) is 4.69. The summed E-state index contributed by atoms with van der Waals surface area (Å²) in [5.41, 5.74) is 0.212. The molecule has 1 amide bonds. The van der Waals surface area contributed by atoms with Gasteiger partial charge in [-0.15, -0.1) is 0 Å². The molecule has 0 radical (unpaired) electrons. The van der Waals surface area contributed by atoms with Gasteiger partial charge in [-0.25, -0.2) is 9.67 Å². The number of thioether (sulfide) groups is 1. The monoisotopic (exact) mass is 424 g/mol. The van der Waals surface area contributed by atoms with E-state index in [1.807, 2.05) is 19.9 Å². The van der Waals surface area contributed by atoms with Gasteiger partial charge in [-0.2, -0.15) is 10.4 Å². The number of nitrogens with zero attached hydrogens (tertiary/aromatic N) is 4. The molecule has 30 heavy (non-hydrogen) atoms. The van der Waals surface area contributed by atoms with E-state index in [0.29, 0.717) is 17.1 Å². The van der Waals surface area contributed by atoms with E-state index in [9.17, 15) is 14.9 Å². The van der Waals surface area contributed by atoms with Crippen LogP contribution in [0.3, 0.4) is 0 Å². The fourth-order valence-electron chi connectivity index (χ4n) is 2.72. The number of ether oxygens (including phenoxy) is 1. The number of methoxy groups -OCH3 is 1. The Balaban J connectivity index is 1.78. The van der Waals surface area contributed by atoms with Crippen LogP contribution in [0.2, 0.25) is 0 Å². The van der Waals surface area contributed by atoms with E-state index < -0.39 is 5.56 Å². The lowest BCUT2D eigenvalue weighted by Crippen LogP contribution is -2.19. The highest BCUT2D eigenvalue weighted by molar-refractivity contribution is 7.99. The summed E-state index contributed by atoms with van der Waals surface area (Å²) in [4.78, 5) is 31.6. The molecule has 2 aromatic heterocycles. The molecule has 0 saturated heterocycles. The van der Waals surface area contributed by atoms with Gasteiger partial charge in [-0.05, 0) is 38.1 Å². The van der Waals surface area contributed by atoms with Crippen molar-refractivity contribution in [1.29, 1.82) is 5.26 Å². The Kier molecular flexibility index (Phi) is 6.54. The summed E-state index contributed by atoms with van der Waals surface area (Å²) < 4.78 is 6.83. The standard InChI is InChI=1S/C20H20N6O3S/c1-12(2)26-16(8-9-22-26)23-17(27)11-30-20-24-18(15(10-21)19(28)25-20)13-4-6-14(29-3)7-5-13/h4-9,12H,11H2,1-3H3,(H,23,27)(H,24,25,28). The molecule has 0 saturated carbocycles. The van der Waals surface area contributed by atoms with Crippen molar-refractivity contribution in [3.05, 3.63) is 52.4 Å². The zero-order chi connectivity index (χ0) is 21.7. The second kappa shape index (κ2) is 9.28. The molecule has 0 fully saturated rings. The van der Waals surface area contributed by atoms with Crippen molar-refractivity contribution in [3.63, 3.8) is 0 Å². The first-order valence-electron chi connectivity index (χ1n) is 9.08. The summed E-state index contributed by atoms with van der Waals surface area (Å²) in [6, 6.07) is 10.6. The second-order valence-corrected chi connectivity index (χ2v) is 7.49. The van der Waals surface area contributed by atoms with Crippen LogP contribution in [-0.4, -0.2) is 38.5 Å². The molecule has 0 aliphatic rings. The molecular weight excluding hydrogens is 404 g/mol. The minimum absolute atomic E-state index is 0.0279. The summed E-state index contributed by atoms with van der Waals surface area (Å²) in [7, 11) is 1.55. The van der Waals surface area contributed by atoms with Gasteiger partial charge in [-0.3, -0.25) is 9.59 Å². The van der Waals surface area contributed by atoms with Gasteiger partial charge in [0.2, 0.25) is 5.91 Å². The lowest BCUT2D eigenvalue weighted by atomic mass is 10.1. The molecule has 0 spiro atoms. The maximum absolute atomic E-state index is 12.3. The van der Waals surface area contributed by atoms with E-state index >= 15 is 0 Å². The summed E-state index contributed by atoms with van der Waals surface area (Å²) >= 11 is 1.07. The highest BCUT2D eigenvalue weighted by Gasteiger charge is 2.15. The minimum atomic E-state index is -0.556. The number of aromatic amines is 1. The number of anilines is 1. The molecule has 2 N–H and O–H groups in total. The van der Waals surface area contributed by atoms with Crippen molar-refractivity contribution in [2.75, 3.05) is 18.2 Å². The van der Waals surface area contributed by atoms with Crippen molar-refractivity contribution in [1.82, 2.24) is 19.7 Å². The van der Waals surface area contributed by atoms with Crippen molar-refractivity contribution in [2.45, 2.75) is 25.0 Å². The Morgan fingerprint density at radius 3 is 2.70 bits per heavy atom. The smallest absolute Gasteiger partial charge is 0.270 e. The maximum Gasteiger partial charge on any atom is 0.270 e. The number of nitriles is 1. The van der Waals surface area contributed by atoms with E-state index in [4.69, 9.17) is 4.74 Å². The fraction of sp³-hybridized carbons (Fsp3) is 0.250. The number of H-pyrrole nitrogens is 1. The first-order chi connectivity index (χ1) is 14.4. The molecule has 3 aromatic rings. The summed E-state index contributed by atoms with van der Waals surface area (Å²) in [6.07, 6.45) is 1.61. The van der Waals surface area contributed by atoms with Gasteiger partial charge in [-0.1, -0.05) is 11.8 Å². The van der Waals surface area contributed by atoms with Gasteiger partial charge in [0.05, 0.1) is 24.8 Å². The highest BCUT2D eigenvalue weighted by atomic mass is 32.2. The van der Waals surface area contributed by atoms with Gasteiger partial charge in [0.15, 0.2) is 5.16 Å². The number of hydrogen-bond acceptors (Lipinski definition) is 7. The zero-order valence-corrected chi connectivity index (χ0v) is 17.5. The number of rotatable bonds is 7. The highest BCUT2D eigenvalue weighted by Crippen LogP contribution is 2.24. The van der Waals surface area contributed by atoms with Gasteiger partial charge in [0.25, 0.3) is 5.56 Å². The van der Waals surface area contributed by atoms with Crippen molar-refractivity contribution in [3.8, 4) is 23.1 Å². The van der Waals surface area contributed by atoms with Crippen LogP contribution in [0.25, 0.3) is 11.3 Å². The third-order valence-electron chi connectivity index (χ3n) is 4.14. The van der Waals surface area contributed by atoms with E-state index in [1.54, 1.807) is 48.3 Å². The van der Waals surface area contributed by atoms with Gasteiger partial charge in [0.1, 0.15) is 23.2 Å². The van der Waals surface area contributed by atoms with E-state index in [-0.39, 0.29) is 34.1 Å². The minimum Gasteiger partial charge on any atom is -0.497 e. The molecule has 0 unspecified atom stereocenters. The van der Waals surface area contributed by atoms with Crippen molar-refractivity contribution < 1.29 is 9.53 Å². The number of carbonyl (C=O) groups excluding carboxylic acids is 1. The SMILES string of the molecule is COc1ccc(-c2nc(SCC(=O)Nc3ccnn3C(C)C)[nH]c(=O)c2C#N)cc1. The number of carbonyl (C=O) groups is 1. The van der Waals surface area contributed by atoms with Gasteiger partial charge in [0, 0.05) is 17.7 Å². The molecule has 3 rings (SSSR count). The Bertz CT molecular complexity index is 1140. The molecule has 0 bridgehead atoms. The molecular formula is C20H20N6O3S. The van der Waals surface area contributed by atoms with Crippen LogP contribution in [-0.2, 0) is 4.79 Å². The normalized spacial score (nSPS) is 10.6. The van der Waals surface area contributed by atoms with Crippen LogP contribution in [0.1, 0.15) is 25.5 Å². The summed E-state index contributed by atoms with van der Waals surface area (Å²) in [5, 5.41) is 16.6. The number of benzene rings is 1. The van der Waals surface area contributed by atoms with Crippen LogP contribution in [0.4, 0.5) is 5.82 Å². The molecule has 154 valence electrons. The largest absolute Gasteiger partial charge is 0.497 e. The summed E-state index contributed by atoms with van der Waals surface area (Å²) in [5.74, 6) is 1.00.